The quantitative estimate of drug-likeness (QED) is 0.637. The maximum absolute atomic E-state index is 11.2. The van der Waals surface area contributed by atoms with Crippen LogP contribution in [0.5, 0.6) is 0 Å². The van der Waals surface area contributed by atoms with Crippen LogP contribution in [0.4, 0.5) is 0 Å². The summed E-state index contributed by atoms with van der Waals surface area (Å²) in [6.07, 6.45) is 5.33. The highest BCUT2D eigenvalue weighted by molar-refractivity contribution is 5.66. The lowest BCUT2D eigenvalue weighted by atomic mass is 9.55. The molecule has 0 aromatic rings. The molecule has 3 heteroatoms. The van der Waals surface area contributed by atoms with Gasteiger partial charge in [0.1, 0.15) is 0 Å². The van der Waals surface area contributed by atoms with E-state index in [-0.39, 0.29) is 11.4 Å². The third-order valence-electron chi connectivity index (χ3n) is 5.29. The molecular weight excluding hydrogens is 252 g/mol. The van der Waals surface area contributed by atoms with Crippen molar-refractivity contribution in [2.75, 3.05) is 6.61 Å². The van der Waals surface area contributed by atoms with E-state index in [1.807, 2.05) is 0 Å². The van der Waals surface area contributed by atoms with Gasteiger partial charge in [0.25, 0.3) is 0 Å². The molecule has 0 saturated heterocycles. The number of hydrogen-bond acceptors (Lipinski definition) is 3. The highest BCUT2D eigenvalue weighted by Gasteiger charge is 2.51. The van der Waals surface area contributed by atoms with Gasteiger partial charge >= 0.3 is 5.97 Å². The van der Waals surface area contributed by atoms with Gasteiger partial charge < -0.3 is 9.84 Å². The van der Waals surface area contributed by atoms with Crippen molar-refractivity contribution in [3.63, 3.8) is 0 Å². The van der Waals surface area contributed by atoms with Crippen molar-refractivity contribution >= 4 is 5.97 Å². The Hall–Kier alpha value is -1.09. The molecule has 4 atom stereocenters. The first-order chi connectivity index (χ1) is 9.36. The number of aliphatic hydroxyl groups excluding tert-OH is 1. The average molecular weight is 278 g/mol. The minimum absolute atomic E-state index is 0.264. The molecule has 2 aliphatic rings. The van der Waals surface area contributed by atoms with Crippen LogP contribution in [0.1, 0.15) is 46.5 Å². The first kappa shape index (κ1) is 15.3. The molecule has 0 aliphatic heterocycles. The summed E-state index contributed by atoms with van der Waals surface area (Å²) in [5.74, 6) is 0.541. The molecule has 0 heterocycles. The summed E-state index contributed by atoms with van der Waals surface area (Å²) in [5, 5.41) is 10.6. The SMILES string of the molecule is C=C(C)[C@@H]1CC[C@@]2(COC(C)=O)[C@H](C1)C(C)=CC[C@@H]2O. The third-order valence-corrected chi connectivity index (χ3v) is 5.29. The summed E-state index contributed by atoms with van der Waals surface area (Å²) in [4.78, 5) is 11.2. The lowest BCUT2D eigenvalue weighted by molar-refractivity contribution is -0.154. The number of carbonyl (C=O) groups excluding carboxylic acids is 1. The van der Waals surface area contributed by atoms with Crippen LogP contribution in [0.25, 0.3) is 0 Å². The average Bonchev–Trinajstić information content (AvgIpc) is 2.40. The van der Waals surface area contributed by atoms with Gasteiger partial charge in [0.2, 0.25) is 0 Å². The third kappa shape index (κ3) is 2.69. The number of aliphatic hydroxyl groups is 1. The molecule has 0 aromatic carbocycles. The number of ether oxygens (including phenoxy) is 1. The fraction of sp³-hybridized carbons (Fsp3) is 0.706. The Bertz CT molecular complexity index is 438. The van der Waals surface area contributed by atoms with Crippen LogP contribution in [0.15, 0.2) is 23.8 Å². The number of allylic oxidation sites excluding steroid dienone is 2. The largest absolute Gasteiger partial charge is 0.465 e. The molecule has 3 nitrogen and oxygen atoms in total. The Balaban J connectivity index is 2.27. The van der Waals surface area contributed by atoms with Crippen molar-refractivity contribution in [2.24, 2.45) is 17.3 Å². The number of rotatable bonds is 3. The van der Waals surface area contributed by atoms with Crippen LogP contribution >= 0.6 is 0 Å². The van der Waals surface area contributed by atoms with E-state index in [9.17, 15) is 9.90 Å². The molecule has 1 N–H and O–H groups in total. The van der Waals surface area contributed by atoms with Crippen LogP contribution in [-0.4, -0.2) is 23.8 Å². The Morgan fingerprint density at radius 1 is 1.55 bits per heavy atom. The van der Waals surface area contributed by atoms with Gasteiger partial charge in [-0.05, 0) is 51.4 Å². The van der Waals surface area contributed by atoms with Gasteiger partial charge in [-0.25, -0.2) is 0 Å². The maximum atomic E-state index is 11.2. The summed E-state index contributed by atoms with van der Waals surface area (Å²) >= 11 is 0. The Morgan fingerprint density at radius 3 is 2.85 bits per heavy atom. The predicted molar refractivity (Wildman–Crippen MR) is 79.1 cm³/mol. The predicted octanol–water partition coefficient (Wildman–Crippen LogP) is 3.24. The number of carbonyl (C=O) groups is 1. The molecule has 0 amide bonds. The highest BCUT2D eigenvalue weighted by atomic mass is 16.5. The molecule has 2 aliphatic carbocycles. The zero-order chi connectivity index (χ0) is 14.9. The van der Waals surface area contributed by atoms with Crippen molar-refractivity contribution < 1.29 is 14.6 Å². The van der Waals surface area contributed by atoms with Gasteiger partial charge in [0.15, 0.2) is 0 Å². The van der Waals surface area contributed by atoms with E-state index in [2.05, 4.69) is 26.5 Å². The fourth-order valence-electron chi connectivity index (χ4n) is 3.92. The minimum Gasteiger partial charge on any atom is -0.465 e. The van der Waals surface area contributed by atoms with Crippen molar-refractivity contribution in [1.29, 1.82) is 0 Å². The summed E-state index contributed by atoms with van der Waals surface area (Å²) in [6.45, 7) is 10.1. The molecule has 2 rings (SSSR count). The zero-order valence-electron chi connectivity index (χ0n) is 12.8. The monoisotopic (exact) mass is 278 g/mol. The molecule has 20 heavy (non-hydrogen) atoms. The molecule has 0 radical (unpaired) electrons. The van der Waals surface area contributed by atoms with Crippen LogP contribution in [0.3, 0.4) is 0 Å². The zero-order valence-corrected chi connectivity index (χ0v) is 12.8. The molecule has 112 valence electrons. The van der Waals surface area contributed by atoms with Crippen LogP contribution in [0, 0.1) is 17.3 Å². The number of esters is 1. The molecular formula is C17H26O3. The van der Waals surface area contributed by atoms with Crippen LogP contribution in [-0.2, 0) is 9.53 Å². The maximum Gasteiger partial charge on any atom is 0.302 e. The fourth-order valence-corrected chi connectivity index (χ4v) is 3.92. The lowest BCUT2D eigenvalue weighted by Gasteiger charge is -2.51. The normalized spacial score (nSPS) is 36.8. The first-order valence-corrected chi connectivity index (χ1v) is 7.50. The van der Waals surface area contributed by atoms with Gasteiger partial charge in [-0.15, -0.1) is 0 Å². The van der Waals surface area contributed by atoms with E-state index in [0.29, 0.717) is 24.9 Å². The molecule has 0 bridgehead atoms. The Labute approximate surface area is 121 Å². The van der Waals surface area contributed by atoms with E-state index in [0.717, 1.165) is 19.3 Å². The van der Waals surface area contributed by atoms with Gasteiger partial charge in [0.05, 0.1) is 12.7 Å². The van der Waals surface area contributed by atoms with Crippen molar-refractivity contribution in [1.82, 2.24) is 0 Å². The van der Waals surface area contributed by atoms with E-state index in [1.165, 1.54) is 18.1 Å². The Kier molecular flexibility index (Phi) is 4.38. The van der Waals surface area contributed by atoms with E-state index >= 15 is 0 Å². The molecule has 0 spiro atoms. The minimum atomic E-state index is -0.415. The van der Waals surface area contributed by atoms with Crippen LogP contribution in [0.2, 0.25) is 0 Å². The lowest BCUT2D eigenvalue weighted by Crippen LogP contribution is -2.51. The van der Waals surface area contributed by atoms with Gasteiger partial charge in [0, 0.05) is 12.3 Å². The Morgan fingerprint density at radius 2 is 2.25 bits per heavy atom. The molecule has 1 fully saturated rings. The van der Waals surface area contributed by atoms with Crippen molar-refractivity contribution in [3.05, 3.63) is 23.8 Å². The summed E-state index contributed by atoms with van der Waals surface area (Å²) in [5.41, 5.74) is 2.25. The van der Waals surface area contributed by atoms with Gasteiger partial charge in [-0.3, -0.25) is 4.79 Å². The first-order valence-electron chi connectivity index (χ1n) is 7.50. The second-order valence-electron chi connectivity index (χ2n) is 6.58. The highest BCUT2D eigenvalue weighted by Crippen LogP contribution is 2.53. The standard InChI is InChI=1S/C17H26O3/c1-11(2)14-7-8-17(10-20-13(4)18)15(9-14)12(3)5-6-16(17)19/h5,14-16,19H,1,6-10H2,2-4H3/t14-,15-,16+,17-/m1/s1. The second kappa shape index (κ2) is 5.72. The topological polar surface area (TPSA) is 46.5 Å². The molecule has 0 aromatic heterocycles. The number of hydrogen-bond donors (Lipinski definition) is 1. The summed E-state index contributed by atoms with van der Waals surface area (Å²) < 4.78 is 5.31. The smallest absolute Gasteiger partial charge is 0.302 e. The molecule has 0 unspecified atom stereocenters. The van der Waals surface area contributed by atoms with Crippen LogP contribution < -0.4 is 0 Å². The van der Waals surface area contributed by atoms with Gasteiger partial charge in [-0.2, -0.15) is 0 Å². The van der Waals surface area contributed by atoms with E-state index < -0.39 is 6.10 Å². The molecule has 1 saturated carbocycles. The summed E-state index contributed by atoms with van der Waals surface area (Å²) in [6, 6.07) is 0. The van der Waals surface area contributed by atoms with Crippen molar-refractivity contribution in [2.45, 2.75) is 52.6 Å². The van der Waals surface area contributed by atoms with Gasteiger partial charge in [-0.1, -0.05) is 23.8 Å². The van der Waals surface area contributed by atoms with Crippen molar-refractivity contribution in [3.8, 4) is 0 Å². The summed E-state index contributed by atoms with van der Waals surface area (Å²) in [7, 11) is 0. The number of fused-ring (bicyclic) bond motifs is 1. The van der Waals surface area contributed by atoms with E-state index in [1.54, 1.807) is 0 Å². The second-order valence-corrected chi connectivity index (χ2v) is 6.58. The van der Waals surface area contributed by atoms with E-state index in [4.69, 9.17) is 4.74 Å².